The summed E-state index contributed by atoms with van der Waals surface area (Å²) in [6.45, 7) is 5.59. The largest absolute Gasteiger partial charge is 0.484 e. The molecule has 0 unspecified atom stereocenters. The number of carbonyl (C=O) groups excluding carboxylic acids is 1. The second-order valence-corrected chi connectivity index (χ2v) is 5.47. The Morgan fingerprint density at radius 1 is 1.13 bits per heavy atom. The molecule has 2 aromatic rings. The minimum Gasteiger partial charge on any atom is -0.484 e. The van der Waals surface area contributed by atoms with Gasteiger partial charge in [0.2, 0.25) is 11.8 Å². The van der Waals surface area contributed by atoms with Crippen molar-refractivity contribution in [1.82, 2.24) is 20.0 Å². The minimum atomic E-state index is 0.128. The molecule has 0 atom stereocenters. The topological polar surface area (TPSA) is 71.7 Å². The van der Waals surface area contributed by atoms with Crippen molar-refractivity contribution < 1.29 is 13.9 Å². The molecule has 7 heteroatoms. The molecule has 1 amide bonds. The highest BCUT2D eigenvalue weighted by molar-refractivity contribution is 5.73. The van der Waals surface area contributed by atoms with Gasteiger partial charge in [-0.3, -0.25) is 9.69 Å². The van der Waals surface area contributed by atoms with Crippen molar-refractivity contribution in [3.8, 4) is 5.75 Å². The Balaban J connectivity index is 1.47. The van der Waals surface area contributed by atoms with E-state index in [-0.39, 0.29) is 12.5 Å². The third kappa shape index (κ3) is 4.29. The lowest BCUT2D eigenvalue weighted by Crippen LogP contribution is -2.47. The van der Waals surface area contributed by atoms with Crippen LogP contribution in [-0.4, -0.2) is 52.1 Å². The molecular formula is C16H20N4O3. The van der Waals surface area contributed by atoms with Crippen LogP contribution < -0.4 is 4.74 Å². The fourth-order valence-corrected chi connectivity index (χ4v) is 2.48. The molecule has 1 aromatic carbocycles. The molecule has 2 heterocycles. The van der Waals surface area contributed by atoms with Crippen LogP contribution >= 0.6 is 0 Å². The summed E-state index contributed by atoms with van der Waals surface area (Å²) in [5.41, 5.74) is 0. The van der Waals surface area contributed by atoms with E-state index in [1.807, 2.05) is 35.2 Å². The lowest BCUT2D eigenvalue weighted by molar-refractivity contribution is -0.130. The number of ether oxygens (including phenoxy) is 1. The first-order valence-corrected chi connectivity index (χ1v) is 7.67. The van der Waals surface area contributed by atoms with E-state index in [0.717, 1.165) is 31.9 Å². The zero-order valence-electron chi connectivity index (χ0n) is 13.1. The maximum atomic E-state index is 11.3. The number of carbonyl (C=O) groups is 1. The van der Waals surface area contributed by atoms with Crippen molar-refractivity contribution in [1.29, 1.82) is 0 Å². The maximum Gasteiger partial charge on any atom is 0.253 e. The van der Waals surface area contributed by atoms with Crippen molar-refractivity contribution >= 4 is 5.91 Å². The Morgan fingerprint density at radius 3 is 2.52 bits per heavy atom. The monoisotopic (exact) mass is 316 g/mol. The van der Waals surface area contributed by atoms with Gasteiger partial charge >= 0.3 is 0 Å². The lowest BCUT2D eigenvalue weighted by atomic mass is 10.3. The number of nitrogens with zero attached hydrogens (tertiary/aromatic N) is 4. The SMILES string of the molecule is CC(=O)N1CCN(Cc2nnc(COc3ccccc3)o2)CC1. The van der Waals surface area contributed by atoms with Crippen LogP contribution in [0.2, 0.25) is 0 Å². The van der Waals surface area contributed by atoms with Gasteiger partial charge in [0.25, 0.3) is 5.89 Å². The predicted molar refractivity (Wildman–Crippen MR) is 82.6 cm³/mol. The van der Waals surface area contributed by atoms with Gasteiger partial charge in [-0.2, -0.15) is 0 Å². The van der Waals surface area contributed by atoms with E-state index >= 15 is 0 Å². The number of hydrogen-bond donors (Lipinski definition) is 0. The molecule has 0 bridgehead atoms. The van der Waals surface area contributed by atoms with Crippen molar-refractivity contribution in [2.45, 2.75) is 20.1 Å². The fourth-order valence-electron chi connectivity index (χ4n) is 2.48. The van der Waals surface area contributed by atoms with Crippen LogP contribution in [0.3, 0.4) is 0 Å². The standard InChI is InChI=1S/C16H20N4O3/c1-13(21)20-9-7-19(8-10-20)11-15-17-18-16(23-15)12-22-14-5-3-2-4-6-14/h2-6H,7-12H2,1H3. The third-order valence-corrected chi connectivity index (χ3v) is 3.79. The average Bonchev–Trinajstić information content (AvgIpc) is 3.02. The highest BCUT2D eigenvalue weighted by atomic mass is 16.5. The van der Waals surface area contributed by atoms with E-state index in [1.165, 1.54) is 0 Å². The summed E-state index contributed by atoms with van der Waals surface area (Å²) in [4.78, 5) is 15.4. The Hall–Kier alpha value is -2.41. The predicted octanol–water partition coefficient (Wildman–Crippen LogP) is 1.31. The van der Waals surface area contributed by atoms with Crippen LogP contribution in [0.1, 0.15) is 18.7 Å². The summed E-state index contributed by atoms with van der Waals surface area (Å²) in [5.74, 6) is 1.94. The van der Waals surface area contributed by atoms with Gasteiger partial charge in [0.05, 0.1) is 6.54 Å². The number of aromatic nitrogens is 2. The van der Waals surface area contributed by atoms with Crippen LogP contribution in [0.15, 0.2) is 34.7 Å². The highest BCUT2D eigenvalue weighted by Crippen LogP contribution is 2.12. The lowest BCUT2D eigenvalue weighted by Gasteiger charge is -2.33. The molecule has 3 rings (SSSR count). The minimum absolute atomic E-state index is 0.128. The fraction of sp³-hybridized carbons (Fsp3) is 0.438. The quantitative estimate of drug-likeness (QED) is 0.828. The number of para-hydroxylation sites is 1. The van der Waals surface area contributed by atoms with Crippen molar-refractivity contribution in [2.24, 2.45) is 0 Å². The number of hydrogen-bond acceptors (Lipinski definition) is 6. The first kappa shape index (κ1) is 15.5. The van der Waals surface area contributed by atoms with Gasteiger partial charge in [0.15, 0.2) is 6.61 Å². The normalized spacial score (nSPS) is 15.6. The Labute approximate surface area is 134 Å². The zero-order chi connectivity index (χ0) is 16.1. The highest BCUT2D eigenvalue weighted by Gasteiger charge is 2.20. The molecule has 0 N–H and O–H groups in total. The zero-order valence-corrected chi connectivity index (χ0v) is 13.1. The van der Waals surface area contributed by atoms with E-state index in [9.17, 15) is 4.79 Å². The van der Waals surface area contributed by atoms with E-state index in [1.54, 1.807) is 6.92 Å². The second kappa shape index (κ2) is 7.23. The average molecular weight is 316 g/mol. The van der Waals surface area contributed by atoms with Crippen LogP contribution in [0.5, 0.6) is 5.75 Å². The molecule has 1 aromatic heterocycles. The van der Waals surface area contributed by atoms with Gasteiger partial charge in [-0.15, -0.1) is 10.2 Å². The Kier molecular flexibility index (Phi) is 4.87. The summed E-state index contributed by atoms with van der Waals surface area (Å²) in [7, 11) is 0. The molecule has 122 valence electrons. The van der Waals surface area contributed by atoms with E-state index in [2.05, 4.69) is 15.1 Å². The van der Waals surface area contributed by atoms with Crippen LogP contribution in [0.25, 0.3) is 0 Å². The Morgan fingerprint density at radius 2 is 1.83 bits per heavy atom. The maximum absolute atomic E-state index is 11.3. The summed E-state index contributed by atoms with van der Waals surface area (Å²) in [6.07, 6.45) is 0. The van der Waals surface area contributed by atoms with Gasteiger partial charge in [-0.05, 0) is 12.1 Å². The molecule has 0 saturated carbocycles. The van der Waals surface area contributed by atoms with E-state index < -0.39 is 0 Å². The molecule has 1 saturated heterocycles. The molecule has 0 radical (unpaired) electrons. The first-order chi connectivity index (χ1) is 11.2. The smallest absolute Gasteiger partial charge is 0.253 e. The van der Waals surface area contributed by atoms with Crippen molar-refractivity contribution in [3.05, 3.63) is 42.1 Å². The molecule has 0 aliphatic carbocycles. The molecule has 0 spiro atoms. The van der Waals surface area contributed by atoms with Crippen LogP contribution in [0.4, 0.5) is 0 Å². The van der Waals surface area contributed by atoms with Crippen LogP contribution in [-0.2, 0) is 17.9 Å². The van der Waals surface area contributed by atoms with Gasteiger partial charge in [0.1, 0.15) is 5.75 Å². The number of rotatable bonds is 5. The summed E-state index contributed by atoms with van der Waals surface area (Å²) < 4.78 is 11.2. The molecule has 1 fully saturated rings. The summed E-state index contributed by atoms with van der Waals surface area (Å²) in [5, 5.41) is 8.06. The summed E-state index contributed by atoms with van der Waals surface area (Å²) in [6, 6.07) is 9.52. The first-order valence-electron chi connectivity index (χ1n) is 7.67. The molecule has 1 aliphatic heterocycles. The van der Waals surface area contributed by atoms with Gasteiger partial charge in [0, 0.05) is 33.1 Å². The molecule has 7 nitrogen and oxygen atoms in total. The van der Waals surface area contributed by atoms with Gasteiger partial charge < -0.3 is 14.1 Å². The number of piperazine rings is 1. The van der Waals surface area contributed by atoms with E-state index in [4.69, 9.17) is 9.15 Å². The number of amides is 1. The van der Waals surface area contributed by atoms with Gasteiger partial charge in [-0.25, -0.2) is 0 Å². The van der Waals surface area contributed by atoms with Crippen LogP contribution in [0, 0.1) is 0 Å². The molecular weight excluding hydrogens is 296 g/mol. The molecule has 23 heavy (non-hydrogen) atoms. The van der Waals surface area contributed by atoms with Crippen molar-refractivity contribution in [3.63, 3.8) is 0 Å². The van der Waals surface area contributed by atoms with Crippen molar-refractivity contribution in [2.75, 3.05) is 26.2 Å². The van der Waals surface area contributed by atoms with E-state index in [0.29, 0.717) is 18.3 Å². The van der Waals surface area contributed by atoms with Gasteiger partial charge in [-0.1, -0.05) is 18.2 Å². The second-order valence-electron chi connectivity index (χ2n) is 5.47. The number of benzene rings is 1. The third-order valence-electron chi connectivity index (χ3n) is 3.79. The Bertz CT molecular complexity index is 636. The molecule has 1 aliphatic rings. The summed E-state index contributed by atoms with van der Waals surface area (Å²) >= 11 is 0.